The number of rotatable bonds is 6. The molecule has 0 radical (unpaired) electrons. The van der Waals surface area contributed by atoms with Crippen LogP contribution in [0.2, 0.25) is 0 Å². The lowest BCUT2D eigenvalue weighted by Crippen LogP contribution is -2.10. The van der Waals surface area contributed by atoms with Gasteiger partial charge in [0.15, 0.2) is 5.78 Å². The largest absolute Gasteiger partial charge is 0.445 e. The van der Waals surface area contributed by atoms with Gasteiger partial charge in [0.25, 0.3) is 0 Å². The van der Waals surface area contributed by atoms with Crippen LogP contribution in [0.3, 0.4) is 0 Å². The number of carbonyl (C=O) groups is 1. The number of halogens is 4. The van der Waals surface area contributed by atoms with E-state index in [1.54, 1.807) is 44.2 Å². The third kappa shape index (κ3) is 5.06. The van der Waals surface area contributed by atoms with E-state index in [4.69, 9.17) is 4.42 Å². The van der Waals surface area contributed by atoms with Crippen LogP contribution in [-0.4, -0.2) is 15.8 Å². The number of hydrogen-bond acceptors (Lipinski definition) is 4. The van der Waals surface area contributed by atoms with E-state index >= 15 is 0 Å². The lowest BCUT2D eigenvalue weighted by atomic mass is 9.91. The van der Waals surface area contributed by atoms with E-state index in [-0.39, 0.29) is 24.0 Å². The number of aromatic nitrogens is 2. The van der Waals surface area contributed by atoms with Crippen molar-refractivity contribution < 1.29 is 26.8 Å². The second-order valence-electron chi connectivity index (χ2n) is 8.12. The number of ketones is 1. The summed E-state index contributed by atoms with van der Waals surface area (Å²) in [5, 5.41) is 0. The van der Waals surface area contributed by atoms with Crippen molar-refractivity contribution in [2.45, 2.75) is 32.4 Å². The highest BCUT2D eigenvalue weighted by molar-refractivity contribution is 5.99. The first-order valence-corrected chi connectivity index (χ1v) is 10.5. The van der Waals surface area contributed by atoms with Crippen molar-refractivity contribution in [1.29, 1.82) is 0 Å². The highest BCUT2D eigenvalue weighted by Gasteiger charge is 2.32. The smallest absolute Gasteiger partial charge is 0.433 e. The Hall–Kier alpha value is -3.81. The fourth-order valence-corrected chi connectivity index (χ4v) is 3.67. The quantitative estimate of drug-likeness (QED) is 0.221. The van der Waals surface area contributed by atoms with Crippen molar-refractivity contribution in [3.8, 4) is 22.6 Å². The molecule has 0 aliphatic carbocycles. The van der Waals surface area contributed by atoms with Gasteiger partial charge in [-0.2, -0.15) is 13.2 Å². The third-order valence-corrected chi connectivity index (χ3v) is 5.51. The minimum absolute atomic E-state index is 0.0257. The maximum Gasteiger partial charge on any atom is 0.433 e. The van der Waals surface area contributed by atoms with Gasteiger partial charge in [-0.15, -0.1) is 0 Å². The van der Waals surface area contributed by atoms with Crippen LogP contribution in [0.1, 0.15) is 46.4 Å². The van der Waals surface area contributed by atoms with Crippen LogP contribution in [0.15, 0.2) is 71.6 Å². The van der Waals surface area contributed by atoms with Crippen molar-refractivity contribution in [3.63, 3.8) is 0 Å². The molecule has 0 saturated heterocycles. The number of aryl methyl sites for hydroxylation is 1. The van der Waals surface area contributed by atoms with Crippen molar-refractivity contribution in [2.24, 2.45) is 0 Å². The second-order valence-corrected chi connectivity index (χ2v) is 8.12. The molecule has 2 aromatic carbocycles. The van der Waals surface area contributed by atoms with Gasteiger partial charge in [-0.1, -0.05) is 25.1 Å². The van der Waals surface area contributed by atoms with Crippen molar-refractivity contribution >= 4 is 5.78 Å². The van der Waals surface area contributed by atoms with Crippen LogP contribution in [0.5, 0.6) is 0 Å². The van der Waals surface area contributed by atoms with E-state index in [0.717, 1.165) is 17.8 Å². The summed E-state index contributed by atoms with van der Waals surface area (Å²) in [5.74, 6) is -0.780. The maximum atomic E-state index is 14.7. The average molecular weight is 468 g/mol. The monoisotopic (exact) mass is 468 g/mol. The molecule has 174 valence electrons. The summed E-state index contributed by atoms with van der Waals surface area (Å²) in [6, 6.07) is 12.0. The summed E-state index contributed by atoms with van der Waals surface area (Å²) in [4.78, 5) is 20.7. The number of nitrogens with zero attached hydrogens (tertiary/aromatic N) is 2. The molecule has 1 atom stereocenters. The van der Waals surface area contributed by atoms with Crippen LogP contribution >= 0.6 is 0 Å². The molecule has 0 aliphatic rings. The van der Waals surface area contributed by atoms with E-state index in [1.807, 2.05) is 0 Å². The molecule has 0 fully saturated rings. The van der Waals surface area contributed by atoms with Gasteiger partial charge in [0, 0.05) is 29.3 Å². The molecule has 0 bridgehead atoms. The summed E-state index contributed by atoms with van der Waals surface area (Å²) in [7, 11) is 0. The zero-order valence-corrected chi connectivity index (χ0v) is 18.4. The molecule has 8 heteroatoms. The minimum atomic E-state index is -4.53. The molecule has 34 heavy (non-hydrogen) atoms. The first kappa shape index (κ1) is 23.4. The highest BCUT2D eigenvalue weighted by Crippen LogP contribution is 2.32. The van der Waals surface area contributed by atoms with E-state index in [2.05, 4.69) is 9.97 Å². The predicted molar refractivity (Wildman–Crippen MR) is 119 cm³/mol. The van der Waals surface area contributed by atoms with Gasteiger partial charge < -0.3 is 4.42 Å². The third-order valence-electron chi connectivity index (χ3n) is 5.51. The molecule has 0 aliphatic heterocycles. The second kappa shape index (κ2) is 9.21. The minimum Gasteiger partial charge on any atom is -0.445 e. The fraction of sp³-hybridized carbons (Fsp3) is 0.192. The topological polar surface area (TPSA) is 56.0 Å². The predicted octanol–water partition coefficient (Wildman–Crippen LogP) is 7.25. The van der Waals surface area contributed by atoms with Gasteiger partial charge in [-0.3, -0.25) is 9.78 Å². The van der Waals surface area contributed by atoms with Crippen LogP contribution < -0.4 is 0 Å². The number of alkyl halides is 3. The number of Topliss-reactive ketones (excluding diaryl/α,β-unsaturated/α-hetero) is 1. The molecule has 0 saturated carbocycles. The number of oxazole rings is 1. The first-order valence-electron chi connectivity index (χ1n) is 10.5. The summed E-state index contributed by atoms with van der Waals surface area (Å²) in [5.41, 5.74) is 1.93. The Morgan fingerprint density at radius 1 is 1.03 bits per heavy atom. The van der Waals surface area contributed by atoms with Crippen LogP contribution in [0.25, 0.3) is 22.6 Å². The standard InChI is InChI=1S/C26H20F4N2O2/c1-15-3-5-21(22(27)9-15)18-11-19(13-20(12-18)25-31-7-8-34-25)23(33)10-16(2)17-4-6-24(32-14-17)26(28,29)30/h3-9,11-14,16H,10H2,1-2H3/t16-/m0/s1. The van der Waals surface area contributed by atoms with Crippen molar-refractivity contribution in [1.82, 2.24) is 9.97 Å². The van der Waals surface area contributed by atoms with Crippen LogP contribution in [0, 0.1) is 12.7 Å². The summed E-state index contributed by atoms with van der Waals surface area (Å²) in [6.45, 7) is 3.52. The van der Waals surface area contributed by atoms with Gasteiger partial charge in [0.1, 0.15) is 17.8 Å². The Bertz CT molecular complexity index is 1310. The van der Waals surface area contributed by atoms with E-state index in [0.29, 0.717) is 27.8 Å². The number of hydrogen-bond donors (Lipinski definition) is 0. The molecule has 4 nitrogen and oxygen atoms in total. The highest BCUT2D eigenvalue weighted by atomic mass is 19.4. The van der Waals surface area contributed by atoms with Gasteiger partial charge in [-0.05, 0) is 59.9 Å². The molecular formula is C26H20F4N2O2. The summed E-state index contributed by atoms with van der Waals surface area (Å²) in [6.07, 6.45) is -0.500. The molecule has 4 aromatic rings. The summed E-state index contributed by atoms with van der Waals surface area (Å²) >= 11 is 0. The van der Waals surface area contributed by atoms with E-state index in [9.17, 15) is 22.4 Å². The lowest BCUT2D eigenvalue weighted by molar-refractivity contribution is -0.141. The van der Waals surface area contributed by atoms with E-state index < -0.39 is 17.7 Å². The molecule has 0 N–H and O–H groups in total. The van der Waals surface area contributed by atoms with E-state index in [1.165, 1.54) is 24.6 Å². The Kier molecular flexibility index (Phi) is 6.32. The molecule has 0 spiro atoms. The zero-order chi connectivity index (χ0) is 24.5. The number of carbonyl (C=O) groups excluding carboxylic acids is 1. The summed E-state index contributed by atoms with van der Waals surface area (Å²) < 4.78 is 58.4. The number of pyridine rings is 1. The maximum absolute atomic E-state index is 14.7. The zero-order valence-electron chi connectivity index (χ0n) is 18.4. The Morgan fingerprint density at radius 2 is 1.79 bits per heavy atom. The van der Waals surface area contributed by atoms with Crippen molar-refractivity contribution in [3.05, 3.63) is 95.4 Å². The first-order chi connectivity index (χ1) is 16.1. The molecule has 0 unspecified atom stereocenters. The molecule has 2 aromatic heterocycles. The fourth-order valence-electron chi connectivity index (χ4n) is 3.67. The molecular weight excluding hydrogens is 448 g/mol. The normalized spacial score (nSPS) is 12.5. The van der Waals surface area contributed by atoms with Gasteiger partial charge in [0.2, 0.25) is 5.89 Å². The molecule has 4 rings (SSSR count). The van der Waals surface area contributed by atoms with Crippen molar-refractivity contribution in [2.75, 3.05) is 0 Å². The van der Waals surface area contributed by atoms with Gasteiger partial charge in [0.05, 0.1) is 6.20 Å². The van der Waals surface area contributed by atoms with Crippen LogP contribution in [-0.2, 0) is 6.18 Å². The average Bonchev–Trinajstić information content (AvgIpc) is 3.33. The molecule has 2 heterocycles. The number of benzene rings is 2. The Balaban J connectivity index is 1.66. The SMILES string of the molecule is Cc1ccc(-c2cc(C(=O)C[C@H](C)c3ccc(C(F)(F)F)nc3)cc(-c3ncco3)c2)c(F)c1. The lowest BCUT2D eigenvalue weighted by Gasteiger charge is -2.14. The van der Waals surface area contributed by atoms with Gasteiger partial charge in [-0.25, -0.2) is 9.37 Å². The van der Waals surface area contributed by atoms with Gasteiger partial charge >= 0.3 is 6.18 Å². The van der Waals surface area contributed by atoms with Crippen LogP contribution in [0.4, 0.5) is 17.6 Å². The Labute approximate surface area is 193 Å². The Morgan fingerprint density at radius 3 is 2.41 bits per heavy atom. The molecule has 0 amide bonds.